The molecule has 0 radical (unpaired) electrons. The summed E-state index contributed by atoms with van der Waals surface area (Å²) in [5.41, 5.74) is 0. The molecule has 570 valence electrons. The van der Waals surface area contributed by atoms with Crippen molar-refractivity contribution in [2.75, 3.05) is 39.6 Å². The van der Waals surface area contributed by atoms with Crippen molar-refractivity contribution in [2.45, 2.75) is 408 Å². The van der Waals surface area contributed by atoms with E-state index in [1.165, 1.54) is 193 Å². The lowest BCUT2D eigenvalue weighted by Gasteiger charge is -2.21. The molecule has 3 unspecified atom stereocenters. The van der Waals surface area contributed by atoms with E-state index >= 15 is 0 Å². The second-order valence-electron chi connectivity index (χ2n) is 29.7. The fourth-order valence-corrected chi connectivity index (χ4v) is 13.3. The molecular formula is C77H150O17P2. The Morgan fingerprint density at radius 3 is 0.646 bits per heavy atom. The Morgan fingerprint density at radius 1 is 0.260 bits per heavy atom. The Hall–Kier alpha value is -1.94. The number of aliphatic hydroxyl groups excluding tert-OH is 1. The zero-order valence-corrected chi connectivity index (χ0v) is 64.8. The van der Waals surface area contributed by atoms with Crippen molar-refractivity contribution in [3.05, 3.63) is 0 Å². The van der Waals surface area contributed by atoms with Crippen LogP contribution in [0.1, 0.15) is 389 Å². The Balaban J connectivity index is 5.24. The van der Waals surface area contributed by atoms with Crippen LogP contribution in [-0.2, 0) is 65.4 Å². The second-order valence-corrected chi connectivity index (χ2v) is 32.6. The standard InChI is InChI=1S/C77H150O17P2/c1-67(2)53-45-37-29-21-16-13-11-9-10-12-14-18-25-35-43-51-59-76(81)93-72(63-87-74(79)57-49-41-33-24-19-15-17-22-30-38-46-54-68(3)4)65-91-95(83,84)89-61-71(78)62-90-96(85,86)92-66-73(64-88-75(80)58-50-42-34-28-27-32-40-48-56-70(7)8)94-77(82)60-52-44-36-26-20-23-31-39-47-55-69(5)6/h67-73,78H,9-66H2,1-8H3,(H,83,84)(H,85,86)/t71?,72-,73-/m1/s1. The van der Waals surface area contributed by atoms with Gasteiger partial charge in [0.1, 0.15) is 19.3 Å². The van der Waals surface area contributed by atoms with Crippen LogP contribution in [0.15, 0.2) is 0 Å². The topological polar surface area (TPSA) is 237 Å². The van der Waals surface area contributed by atoms with Crippen LogP contribution in [0.5, 0.6) is 0 Å². The molecule has 0 aliphatic rings. The number of aliphatic hydroxyl groups is 1. The highest BCUT2D eigenvalue weighted by Gasteiger charge is 2.30. The summed E-state index contributed by atoms with van der Waals surface area (Å²) >= 11 is 0. The Kier molecular flexibility index (Phi) is 65.0. The number of hydrogen-bond acceptors (Lipinski definition) is 15. The van der Waals surface area contributed by atoms with Crippen molar-refractivity contribution in [1.29, 1.82) is 0 Å². The van der Waals surface area contributed by atoms with Gasteiger partial charge in [-0.2, -0.15) is 0 Å². The predicted octanol–water partition coefficient (Wildman–Crippen LogP) is 22.4. The number of rotatable bonds is 74. The molecule has 0 fully saturated rings. The first-order valence-corrected chi connectivity index (χ1v) is 42.7. The molecule has 19 heteroatoms. The molecule has 0 aromatic heterocycles. The summed E-state index contributed by atoms with van der Waals surface area (Å²) in [4.78, 5) is 72.8. The fourth-order valence-electron chi connectivity index (χ4n) is 11.7. The number of unbranched alkanes of at least 4 members (excludes halogenated alkanes) is 40. The zero-order valence-electron chi connectivity index (χ0n) is 63.0. The molecule has 0 aliphatic carbocycles. The lowest BCUT2D eigenvalue weighted by Crippen LogP contribution is -2.30. The monoisotopic (exact) mass is 1410 g/mol. The van der Waals surface area contributed by atoms with Gasteiger partial charge in [0.2, 0.25) is 0 Å². The van der Waals surface area contributed by atoms with E-state index in [1.807, 2.05) is 0 Å². The van der Waals surface area contributed by atoms with Crippen molar-refractivity contribution >= 4 is 39.5 Å². The molecule has 17 nitrogen and oxygen atoms in total. The lowest BCUT2D eigenvalue weighted by atomic mass is 10.0. The fraction of sp³-hybridized carbons (Fsp3) is 0.948. The van der Waals surface area contributed by atoms with E-state index < -0.39 is 97.5 Å². The molecule has 0 amide bonds. The largest absolute Gasteiger partial charge is 0.472 e. The summed E-state index contributed by atoms with van der Waals surface area (Å²) in [6.45, 7) is 14.2. The van der Waals surface area contributed by atoms with Gasteiger partial charge in [-0.1, -0.05) is 338 Å². The first kappa shape index (κ1) is 94.1. The van der Waals surface area contributed by atoms with E-state index in [0.29, 0.717) is 25.7 Å². The van der Waals surface area contributed by atoms with Crippen LogP contribution in [0.3, 0.4) is 0 Å². The zero-order chi connectivity index (χ0) is 71.0. The van der Waals surface area contributed by atoms with Crippen molar-refractivity contribution < 1.29 is 80.2 Å². The SMILES string of the molecule is CC(C)CCCCCCCCCCCCCCCCCCC(=O)O[C@H](COC(=O)CCCCCCCCCCCCCC(C)C)COP(=O)(O)OCC(O)COP(=O)(O)OC[C@@H](COC(=O)CCCCCCCCCCC(C)C)OC(=O)CCCCCCCCCCCC(C)C. The first-order valence-electron chi connectivity index (χ1n) is 39.7. The van der Waals surface area contributed by atoms with Gasteiger partial charge in [-0.3, -0.25) is 37.3 Å². The molecule has 0 bridgehead atoms. The van der Waals surface area contributed by atoms with Crippen LogP contribution in [0.25, 0.3) is 0 Å². The maximum Gasteiger partial charge on any atom is 0.472 e. The van der Waals surface area contributed by atoms with Gasteiger partial charge >= 0.3 is 39.5 Å². The van der Waals surface area contributed by atoms with Crippen LogP contribution < -0.4 is 0 Å². The van der Waals surface area contributed by atoms with E-state index in [1.54, 1.807) is 0 Å². The Bertz CT molecular complexity index is 1880. The number of phosphoric acid groups is 2. The molecule has 0 aromatic rings. The van der Waals surface area contributed by atoms with Crippen LogP contribution in [0.2, 0.25) is 0 Å². The molecule has 5 atom stereocenters. The average Bonchev–Trinajstić information content (AvgIpc) is 1.12. The summed E-state index contributed by atoms with van der Waals surface area (Å²) in [5.74, 6) is 0.923. The quantitative estimate of drug-likeness (QED) is 0.0222. The van der Waals surface area contributed by atoms with Gasteiger partial charge in [0.25, 0.3) is 0 Å². The predicted molar refractivity (Wildman–Crippen MR) is 391 cm³/mol. The minimum Gasteiger partial charge on any atom is -0.462 e. The first-order chi connectivity index (χ1) is 46.1. The van der Waals surface area contributed by atoms with E-state index in [9.17, 15) is 43.2 Å². The summed E-state index contributed by atoms with van der Waals surface area (Å²) in [6.07, 6.45) is 51.4. The number of ether oxygens (including phenoxy) is 4. The number of carbonyl (C=O) groups excluding carboxylic acids is 4. The van der Waals surface area contributed by atoms with Gasteiger partial charge in [-0.25, -0.2) is 9.13 Å². The highest BCUT2D eigenvalue weighted by atomic mass is 31.2. The Labute approximate surface area is 588 Å². The lowest BCUT2D eigenvalue weighted by molar-refractivity contribution is -0.161. The molecule has 0 heterocycles. The number of hydrogen-bond donors (Lipinski definition) is 3. The summed E-state index contributed by atoms with van der Waals surface area (Å²) < 4.78 is 68.6. The molecule has 3 N–H and O–H groups in total. The number of esters is 4. The third kappa shape index (κ3) is 70.5. The van der Waals surface area contributed by atoms with Crippen molar-refractivity contribution in [3.8, 4) is 0 Å². The van der Waals surface area contributed by atoms with Crippen LogP contribution in [0, 0.1) is 23.7 Å². The second kappa shape index (κ2) is 66.3. The van der Waals surface area contributed by atoms with E-state index in [2.05, 4.69) is 55.4 Å². The molecule has 0 saturated heterocycles. The molecule has 0 rings (SSSR count). The normalized spacial score (nSPS) is 14.1. The molecular weight excluding hydrogens is 1260 g/mol. The Morgan fingerprint density at radius 2 is 0.438 bits per heavy atom. The van der Waals surface area contributed by atoms with Gasteiger partial charge in [-0.15, -0.1) is 0 Å². The molecule has 0 aromatic carbocycles. The summed E-state index contributed by atoms with van der Waals surface area (Å²) in [6, 6.07) is 0. The van der Waals surface area contributed by atoms with Gasteiger partial charge < -0.3 is 33.8 Å². The van der Waals surface area contributed by atoms with Gasteiger partial charge in [0.05, 0.1) is 26.4 Å². The van der Waals surface area contributed by atoms with Crippen LogP contribution in [0.4, 0.5) is 0 Å². The van der Waals surface area contributed by atoms with Crippen LogP contribution >= 0.6 is 15.6 Å². The van der Waals surface area contributed by atoms with E-state index in [4.69, 9.17) is 37.0 Å². The summed E-state index contributed by atoms with van der Waals surface area (Å²) in [7, 11) is -9.91. The molecule has 96 heavy (non-hydrogen) atoms. The van der Waals surface area contributed by atoms with Crippen molar-refractivity contribution in [1.82, 2.24) is 0 Å². The maximum atomic E-state index is 13.1. The van der Waals surface area contributed by atoms with Crippen molar-refractivity contribution in [3.63, 3.8) is 0 Å². The number of carbonyl (C=O) groups is 4. The maximum absolute atomic E-state index is 13.1. The average molecular weight is 1410 g/mol. The third-order valence-corrected chi connectivity index (χ3v) is 19.7. The molecule has 0 spiro atoms. The highest BCUT2D eigenvalue weighted by molar-refractivity contribution is 7.47. The minimum atomic E-state index is -4.96. The third-order valence-electron chi connectivity index (χ3n) is 17.8. The van der Waals surface area contributed by atoms with Gasteiger partial charge in [0, 0.05) is 25.7 Å². The molecule has 0 saturated carbocycles. The van der Waals surface area contributed by atoms with Gasteiger partial charge in [0.15, 0.2) is 12.2 Å². The van der Waals surface area contributed by atoms with Crippen molar-refractivity contribution in [2.24, 2.45) is 23.7 Å². The summed E-state index contributed by atoms with van der Waals surface area (Å²) in [5, 5.41) is 10.6. The van der Waals surface area contributed by atoms with E-state index in [-0.39, 0.29) is 25.7 Å². The van der Waals surface area contributed by atoms with Gasteiger partial charge in [-0.05, 0) is 49.4 Å². The molecule has 0 aliphatic heterocycles. The van der Waals surface area contributed by atoms with Crippen LogP contribution in [-0.4, -0.2) is 96.7 Å². The van der Waals surface area contributed by atoms with E-state index in [0.717, 1.165) is 114 Å². The minimum absolute atomic E-state index is 0.104. The number of phosphoric ester groups is 2. The smallest absolute Gasteiger partial charge is 0.462 e. The highest BCUT2D eigenvalue weighted by Crippen LogP contribution is 2.45.